The molecule has 25 heavy (non-hydrogen) atoms. The maximum Gasteiger partial charge on any atom is 0.220 e. The second kappa shape index (κ2) is 8.15. The van der Waals surface area contributed by atoms with Crippen molar-refractivity contribution in [3.63, 3.8) is 0 Å². The van der Waals surface area contributed by atoms with Crippen LogP contribution in [0.15, 0.2) is 42.5 Å². The molecule has 2 N–H and O–H groups in total. The van der Waals surface area contributed by atoms with Crippen molar-refractivity contribution in [3.05, 3.63) is 57.8 Å². The Morgan fingerprint density at radius 1 is 1.20 bits per heavy atom. The zero-order chi connectivity index (χ0) is 17.7. The third kappa shape index (κ3) is 4.50. The van der Waals surface area contributed by atoms with Gasteiger partial charge < -0.3 is 10.4 Å². The Morgan fingerprint density at radius 3 is 2.56 bits per heavy atom. The molecule has 1 saturated carbocycles. The quantitative estimate of drug-likeness (QED) is 0.773. The molecule has 0 radical (unpaired) electrons. The molecule has 2 aromatic rings. The van der Waals surface area contributed by atoms with E-state index < -0.39 is 6.10 Å². The third-order valence-corrected chi connectivity index (χ3v) is 6.73. The van der Waals surface area contributed by atoms with Crippen molar-refractivity contribution in [2.75, 3.05) is 6.54 Å². The highest BCUT2D eigenvalue weighted by Crippen LogP contribution is 2.44. The van der Waals surface area contributed by atoms with Gasteiger partial charge in [-0.1, -0.05) is 43.2 Å². The Labute approximate surface area is 154 Å². The Hall–Kier alpha value is -1.65. The number of benzene rings is 1. The molecule has 1 heterocycles. The zero-order valence-corrected chi connectivity index (χ0v) is 15.6. The van der Waals surface area contributed by atoms with Crippen LogP contribution in [0.5, 0.6) is 0 Å². The Morgan fingerprint density at radius 2 is 1.92 bits per heavy atom. The number of amides is 1. The molecule has 3 rings (SSSR count). The number of aliphatic hydroxyl groups is 1. The van der Waals surface area contributed by atoms with Gasteiger partial charge in [0.05, 0.1) is 6.10 Å². The van der Waals surface area contributed by atoms with E-state index in [1.807, 2.05) is 31.2 Å². The average Bonchev–Trinajstić information content (AvgIpc) is 3.29. The number of thiophene rings is 1. The number of hydrogen-bond donors (Lipinski definition) is 2. The lowest BCUT2D eigenvalue weighted by atomic mass is 9.84. The summed E-state index contributed by atoms with van der Waals surface area (Å²) in [6.45, 7) is 2.52. The van der Waals surface area contributed by atoms with E-state index in [0.717, 1.165) is 24.1 Å². The molecule has 1 amide bonds. The van der Waals surface area contributed by atoms with E-state index in [2.05, 4.69) is 23.5 Å². The lowest BCUT2D eigenvalue weighted by Crippen LogP contribution is -2.38. The van der Waals surface area contributed by atoms with E-state index in [0.29, 0.717) is 13.0 Å². The van der Waals surface area contributed by atoms with Crippen LogP contribution in [0.2, 0.25) is 0 Å². The van der Waals surface area contributed by atoms with E-state index in [9.17, 15) is 9.90 Å². The van der Waals surface area contributed by atoms with Crippen LogP contribution < -0.4 is 5.32 Å². The predicted molar refractivity (Wildman–Crippen MR) is 103 cm³/mol. The van der Waals surface area contributed by atoms with Crippen LogP contribution in [-0.4, -0.2) is 17.6 Å². The van der Waals surface area contributed by atoms with E-state index in [1.54, 1.807) is 11.3 Å². The minimum atomic E-state index is -0.419. The molecule has 1 aromatic heterocycles. The first-order chi connectivity index (χ1) is 12.1. The second-order valence-corrected chi connectivity index (χ2v) is 8.24. The summed E-state index contributed by atoms with van der Waals surface area (Å²) in [6, 6.07) is 14.3. The Bertz CT molecular complexity index is 687. The molecular weight excluding hydrogens is 330 g/mol. The lowest BCUT2D eigenvalue weighted by Gasteiger charge is -2.28. The summed E-state index contributed by atoms with van der Waals surface area (Å²) in [7, 11) is 0. The van der Waals surface area contributed by atoms with Gasteiger partial charge in [0.25, 0.3) is 0 Å². The van der Waals surface area contributed by atoms with E-state index in [-0.39, 0.29) is 11.3 Å². The van der Waals surface area contributed by atoms with Gasteiger partial charge in [0.1, 0.15) is 0 Å². The van der Waals surface area contributed by atoms with E-state index in [4.69, 9.17) is 0 Å². The van der Waals surface area contributed by atoms with Crippen LogP contribution in [0, 0.1) is 0 Å². The van der Waals surface area contributed by atoms with Gasteiger partial charge in [0.15, 0.2) is 0 Å². The topological polar surface area (TPSA) is 49.3 Å². The molecule has 4 heteroatoms. The molecule has 0 spiro atoms. The van der Waals surface area contributed by atoms with E-state index in [1.165, 1.54) is 23.3 Å². The van der Waals surface area contributed by atoms with Gasteiger partial charge in [-0.25, -0.2) is 0 Å². The van der Waals surface area contributed by atoms with Crippen molar-refractivity contribution in [1.82, 2.24) is 5.32 Å². The molecule has 0 saturated heterocycles. The highest BCUT2D eigenvalue weighted by molar-refractivity contribution is 7.12. The molecule has 1 aliphatic carbocycles. The summed E-state index contributed by atoms with van der Waals surface area (Å²) in [5, 5.41) is 13.0. The van der Waals surface area contributed by atoms with Crippen LogP contribution in [-0.2, 0) is 16.6 Å². The Balaban J connectivity index is 1.59. The van der Waals surface area contributed by atoms with Crippen LogP contribution in [0.25, 0.3) is 0 Å². The average molecular weight is 358 g/mol. The van der Waals surface area contributed by atoms with Crippen molar-refractivity contribution in [2.24, 2.45) is 0 Å². The van der Waals surface area contributed by atoms with Gasteiger partial charge in [-0.2, -0.15) is 0 Å². The van der Waals surface area contributed by atoms with Crippen molar-refractivity contribution in [3.8, 4) is 0 Å². The van der Waals surface area contributed by atoms with Gasteiger partial charge in [-0.15, -0.1) is 11.3 Å². The summed E-state index contributed by atoms with van der Waals surface area (Å²) >= 11 is 1.70. The summed E-state index contributed by atoms with van der Waals surface area (Å²) in [4.78, 5) is 14.6. The maximum absolute atomic E-state index is 12.3. The van der Waals surface area contributed by atoms with Crippen molar-refractivity contribution >= 4 is 17.2 Å². The predicted octanol–water partition coefficient (Wildman–Crippen LogP) is 4.36. The van der Waals surface area contributed by atoms with Gasteiger partial charge in [-0.3, -0.25) is 4.79 Å². The number of aliphatic hydroxyl groups excluding tert-OH is 1. The largest absolute Gasteiger partial charge is 0.388 e. The second-order valence-electron chi connectivity index (χ2n) is 7.13. The summed E-state index contributed by atoms with van der Waals surface area (Å²) in [5.41, 5.74) is 1.26. The van der Waals surface area contributed by atoms with Crippen LogP contribution in [0.1, 0.15) is 60.4 Å². The van der Waals surface area contributed by atoms with Gasteiger partial charge in [-0.05, 0) is 43.9 Å². The molecule has 1 unspecified atom stereocenters. The zero-order valence-electron chi connectivity index (χ0n) is 14.8. The summed E-state index contributed by atoms with van der Waals surface area (Å²) in [5.74, 6) is 0.127. The molecule has 1 aliphatic rings. The van der Waals surface area contributed by atoms with Gasteiger partial charge >= 0.3 is 0 Å². The summed E-state index contributed by atoms with van der Waals surface area (Å²) in [6.07, 6.45) is 5.55. The summed E-state index contributed by atoms with van der Waals surface area (Å²) < 4.78 is 0. The molecule has 134 valence electrons. The monoisotopic (exact) mass is 357 g/mol. The molecule has 1 aromatic carbocycles. The number of carbonyl (C=O) groups is 1. The molecule has 1 atom stereocenters. The van der Waals surface area contributed by atoms with Crippen molar-refractivity contribution < 1.29 is 9.90 Å². The van der Waals surface area contributed by atoms with Crippen LogP contribution in [0.4, 0.5) is 0 Å². The number of aryl methyl sites for hydroxylation is 1. The molecule has 1 fully saturated rings. The maximum atomic E-state index is 12.3. The highest BCUT2D eigenvalue weighted by Gasteiger charge is 2.37. The Kier molecular flexibility index (Phi) is 5.92. The minimum Gasteiger partial charge on any atom is -0.388 e. The molecular formula is C21H27NO2S. The van der Waals surface area contributed by atoms with Crippen molar-refractivity contribution in [2.45, 2.75) is 57.0 Å². The smallest absolute Gasteiger partial charge is 0.220 e. The fraction of sp³-hybridized carbons (Fsp3) is 0.476. The number of nitrogens with one attached hydrogen (secondary N) is 1. The first-order valence-corrected chi connectivity index (χ1v) is 10.00. The fourth-order valence-corrected chi connectivity index (χ4v) is 4.87. The standard InChI is InChI=1S/C21H27NO2S/c1-16(23)18-10-11-19(25-18)21(13-5-6-14-21)15-22-20(24)12-9-17-7-3-2-4-8-17/h2-4,7-8,10-11,16,23H,5-6,9,12-15H2,1H3,(H,22,24). The van der Waals surface area contributed by atoms with Crippen LogP contribution in [0.3, 0.4) is 0 Å². The first kappa shape index (κ1) is 18.2. The minimum absolute atomic E-state index is 0.0558. The SMILES string of the molecule is CC(O)c1ccc(C2(CNC(=O)CCc3ccccc3)CCCC2)s1. The normalized spacial score (nSPS) is 17.4. The number of hydrogen-bond acceptors (Lipinski definition) is 3. The fourth-order valence-electron chi connectivity index (χ4n) is 3.68. The first-order valence-electron chi connectivity index (χ1n) is 9.18. The molecule has 3 nitrogen and oxygen atoms in total. The van der Waals surface area contributed by atoms with Gasteiger partial charge in [0, 0.05) is 28.1 Å². The van der Waals surface area contributed by atoms with Crippen LogP contribution >= 0.6 is 11.3 Å². The number of carbonyl (C=O) groups excluding carboxylic acids is 1. The molecule has 0 aliphatic heterocycles. The van der Waals surface area contributed by atoms with E-state index >= 15 is 0 Å². The highest BCUT2D eigenvalue weighted by atomic mass is 32.1. The van der Waals surface area contributed by atoms with Crippen molar-refractivity contribution in [1.29, 1.82) is 0 Å². The third-order valence-electron chi connectivity index (χ3n) is 5.23. The lowest BCUT2D eigenvalue weighted by molar-refractivity contribution is -0.121. The molecule has 0 bridgehead atoms. The number of rotatable bonds is 7. The van der Waals surface area contributed by atoms with Gasteiger partial charge in [0.2, 0.25) is 5.91 Å².